The molecule has 7 heteroatoms. The van der Waals surface area contributed by atoms with Crippen molar-refractivity contribution in [2.24, 2.45) is 0 Å². The van der Waals surface area contributed by atoms with Crippen molar-refractivity contribution >= 4 is 21.6 Å². The van der Waals surface area contributed by atoms with Gasteiger partial charge in [-0.15, -0.1) is 0 Å². The monoisotopic (exact) mass is 384 g/mol. The molecule has 0 heterocycles. The molecule has 148 valence electrons. The van der Waals surface area contributed by atoms with Crippen LogP contribution in [-0.4, -0.2) is 32.2 Å². The lowest BCUT2D eigenvalue weighted by molar-refractivity contribution is -0.116. The van der Waals surface area contributed by atoms with Crippen molar-refractivity contribution in [1.82, 2.24) is 4.72 Å². The zero-order valence-electron chi connectivity index (χ0n) is 16.3. The van der Waals surface area contributed by atoms with Crippen LogP contribution < -0.4 is 14.8 Å². The van der Waals surface area contributed by atoms with Gasteiger partial charge in [0.05, 0.1) is 11.4 Å². The van der Waals surface area contributed by atoms with E-state index in [4.69, 9.17) is 4.74 Å². The Labute approximate surface area is 157 Å². The van der Waals surface area contributed by atoms with Gasteiger partial charge in [-0.3, -0.25) is 4.79 Å². The fraction of sp³-hybridized carbons (Fsp3) is 0.632. The van der Waals surface area contributed by atoms with E-state index in [1.807, 2.05) is 24.3 Å². The third kappa shape index (κ3) is 8.19. The number of rotatable bonds is 11. The predicted molar refractivity (Wildman–Crippen MR) is 106 cm³/mol. The van der Waals surface area contributed by atoms with Gasteiger partial charge in [-0.2, -0.15) is 0 Å². The van der Waals surface area contributed by atoms with Crippen molar-refractivity contribution in [2.45, 2.75) is 64.5 Å². The number of unbranched alkanes of at least 4 members (excludes halogenated alkanes) is 2. The van der Waals surface area contributed by atoms with Crippen LogP contribution in [0.1, 0.15) is 59.8 Å². The largest absolute Gasteiger partial charge is 0.494 e. The number of carbonyl (C=O) groups excluding carboxylic acids is 1. The van der Waals surface area contributed by atoms with Crippen molar-refractivity contribution in [3.05, 3.63) is 24.3 Å². The molecule has 1 aromatic carbocycles. The van der Waals surface area contributed by atoms with Gasteiger partial charge in [-0.05, 0) is 52.2 Å². The Kier molecular flexibility index (Phi) is 9.08. The van der Waals surface area contributed by atoms with Crippen LogP contribution in [-0.2, 0) is 14.8 Å². The Balaban J connectivity index is 2.31. The molecular weight excluding hydrogens is 352 g/mol. The quantitative estimate of drug-likeness (QED) is 0.570. The van der Waals surface area contributed by atoms with Crippen molar-refractivity contribution in [2.75, 3.05) is 18.5 Å². The van der Waals surface area contributed by atoms with E-state index in [1.54, 1.807) is 20.8 Å². The summed E-state index contributed by atoms with van der Waals surface area (Å²) in [7, 11) is -3.33. The molecule has 26 heavy (non-hydrogen) atoms. The average molecular weight is 385 g/mol. The highest BCUT2D eigenvalue weighted by molar-refractivity contribution is 7.90. The van der Waals surface area contributed by atoms with Crippen LogP contribution in [0.4, 0.5) is 5.69 Å². The van der Waals surface area contributed by atoms with Crippen LogP contribution >= 0.6 is 0 Å². The van der Waals surface area contributed by atoms with Crippen LogP contribution in [0.15, 0.2) is 24.3 Å². The lowest BCUT2D eigenvalue weighted by Crippen LogP contribution is -2.39. The molecule has 0 saturated carbocycles. The topological polar surface area (TPSA) is 84.5 Å². The van der Waals surface area contributed by atoms with Crippen LogP contribution in [0.5, 0.6) is 5.75 Å². The smallest absolute Gasteiger partial charge is 0.224 e. The second kappa shape index (κ2) is 10.5. The molecule has 0 aliphatic heterocycles. The number of ether oxygens (including phenoxy) is 1. The molecule has 0 aromatic heterocycles. The molecule has 0 radical (unpaired) electrons. The maximum absolute atomic E-state index is 12.0. The summed E-state index contributed by atoms with van der Waals surface area (Å²) in [6.07, 6.45) is 3.64. The van der Waals surface area contributed by atoms with E-state index in [1.165, 1.54) is 0 Å². The van der Waals surface area contributed by atoms with Gasteiger partial charge in [0, 0.05) is 24.7 Å². The lowest BCUT2D eigenvalue weighted by atomic mass is 10.2. The third-order valence-electron chi connectivity index (χ3n) is 3.81. The van der Waals surface area contributed by atoms with Crippen molar-refractivity contribution in [3.63, 3.8) is 0 Å². The zero-order valence-corrected chi connectivity index (χ0v) is 17.1. The Morgan fingerprint density at radius 1 is 1.15 bits per heavy atom. The molecular formula is C19H32N2O4S. The highest BCUT2D eigenvalue weighted by Gasteiger charge is 2.27. The molecule has 0 saturated heterocycles. The van der Waals surface area contributed by atoms with E-state index in [-0.39, 0.29) is 5.91 Å². The third-order valence-corrected chi connectivity index (χ3v) is 6.01. The summed E-state index contributed by atoms with van der Waals surface area (Å²) in [5.41, 5.74) is 0.706. The zero-order chi connectivity index (χ0) is 19.6. The van der Waals surface area contributed by atoms with Gasteiger partial charge in [0.25, 0.3) is 0 Å². The normalized spacial score (nSPS) is 12.0. The molecule has 0 spiro atoms. The van der Waals surface area contributed by atoms with E-state index in [2.05, 4.69) is 17.0 Å². The molecule has 6 nitrogen and oxygen atoms in total. The van der Waals surface area contributed by atoms with Gasteiger partial charge in [0.1, 0.15) is 5.75 Å². The number of hydrogen-bond donors (Lipinski definition) is 2. The number of amides is 1. The van der Waals surface area contributed by atoms with Crippen molar-refractivity contribution in [3.8, 4) is 5.75 Å². The predicted octanol–water partition coefficient (Wildman–Crippen LogP) is 3.69. The number of benzene rings is 1. The summed E-state index contributed by atoms with van der Waals surface area (Å²) >= 11 is 0. The van der Waals surface area contributed by atoms with Gasteiger partial charge in [0.15, 0.2) is 0 Å². The van der Waals surface area contributed by atoms with Crippen LogP contribution in [0, 0.1) is 0 Å². The van der Waals surface area contributed by atoms with E-state index >= 15 is 0 Å². The van der Waals surface area contributed by atoms with Crippen molar-refractivity contribution < 1.29 is 17.9 Å². The van der Waals surface area contributed by atoms with Crippen LogP contribution in [0.2, 0.25) is 0 Å². The Hall–Kier alpha value is -1.60. The molecule has 0 aliphatic rings. The first-order valence-electron chi connectivity index (χ1n) is 9.17. The molecule has 0 atom stereocenters. The Bertz CT molecular complexity index is 666. The molecule has 0 fully saturated rings. The summed E-state index contributed by atoms with van der Waals surface area (Å²) in [5.74, 6) is 0.655. The van der Waals surface area contributed by atoms with Gasteiger partial charge in [0.2, 0.25) is 15.9 Å². The molecule has 0 bridgehead atoms. The number of sulfonamides is 1. The van der Waals surface area contributed by atoms with Crippen molar-refractivity contribution in [1.29, 1.82) is 0 Å². The molecule has 0 unspecified atom stereocenters. The fourth-order valence-electron chi connectivity index (χ4n) is 2.06. The minimum absolute atomic E-state index is 0.0885. The number of nitrogens with one attached hydrogen (secondary N) is 2. The SMILES string of the molecule is CCCCOc1cccc(NC(=O)CCCCNS(=O)(=O)C(C)(C)C)c1. The second-order valence-electron chi connectivity index (χ2n) is 7.25. The first-order chi connectivity index (χ1) is 12.2. The molecule has 1 rings (SSSR count). The summed E-state index contributed by atoms with van der Waals surface area (Å²) in [4.78, 5) is 12.0. The summed E-state index contributed by atoms with van der Waals surface area (Å²) in [5, 5.41) is 2.85. The van der Waals surface area contributed by atoms with Gasteiger partial charge in [-0.1, -0.05) is 19.4 Å². The molecule has 2 N–H and O–H groups in total. The van der Waals surface area contributed by atoms with E-state index in [0.717, 1.165) is 18.6 Å². The minimum Gasteiger partial charge on any atom is -0.494 e. The van der Waals surface area contributed by atoms with Crippen LogP contribution in [0.25, 0.3) is 0 Å². The first-order valence-corrected chi connectivity index (χ1v) is 10.7. The van der Waals surface area contributed by atoms with E-state index < -0.39 is 14.8 Å². The second-order valence-corrected chi connectivity index (χ2v) is 9.77. The number of anilines is 1. The summed E-state index contributed by atoms with van der Waals surface area (Å²) in [6, 6.07) is 7.35. The standard InChI is InChI=1S/C19H32N2O4S/c1-5-6-14-25-17-11-9-10-16(15-17)21-18(22)12-7-8-13-20-26(23,24)19(2,3)4/h9-11,15,20H,5-8,12-14H2,1-4H3,(H,21,22). The summed E-state index contributed by atoms with van der Waals surface area (Å²) in [6.45, 7) is 8.08. The number of hydrogen-bond acceptors (Lipinski definition) is 4. The first kappa shape index (κ1) is 22.4. The summed E-state index contributed by atoms with van der Waals surface area (Å²) < 4.78 is 31.2. The van der Waals surface area contributed by atoms with E-state index in [0.29, 0.717) is 38.1 Å². The number of carbonyl (C=O) groups is 1. The van der Waals surface area contributed by atoms with Gasteiger partial charge in [-0.25, -0.2) is 13.1 Å². The molecule has 1 amide bonds. The maximum atomic E-state index is 12.0. The fourth-order valence-corrected chi connectivity index (χ4v) is 2.90. The highest BCUT2D eigenvalue weighted by atomic mass is 32.2. The van der Waals surface area contributed by atoms with Crippen LogP contribution in [0.3, 0.4) is 0 Å². The lowest BCUT2D eigenvalue weighted by Gasteiger charge is -2.19. The molecule has 1 aromatic rings. The maximum Gasteiger partial charge on any atom is 0.224 e. The highest BCUT2D eigenvalue weighted by Crippen LogP contribution is 2.18. The van der Waals surface area contributed by atoms with Gasteiger partial charge < -0.3 is 10.1 Å². The Morgan fingerprint density at radius 2 is 1.88 bits per heavy atom. The molecule has 0 aliphatic carbocycles. The minimum atomic E-state index is -3.33. The average Bonchev–Trinajstić information content (AvgIpc) is 2.54. The Morgan fingerprint density at radius 3 is 2.54 bits per heavy atom. The van der Waals surface area contributed by atoms with E-state index in [9.17, 15) is 13.2 Å². The van der Waals surface area contributed by atoms with Gasteiger partial charge >= 0.3 is 0 Å².